The van der Waals surface area contributed by atoms with E-state index in [0.717, 1.165) is 16.7 Å². The summed E-state index contributed by atoms with van der Waals surface area (Å²) in [6, 6.07) is 17.8. The van der Waals surface area contributed by atoms with Gasteiger partial charge in [0.25, 0.3) is 0 Å². The molecule has 1 fully saturated rings. The number of aromatic nitrogens is 2. The summed E-state index contributed by atoms with van der Waals surface area (Å²) in [5.41, 5.74) is 4.10. The second kappa shape index (κ2) is 7.35. The lowest BCUT2D eigenvalue weighted by atomic mass is 9.74. The molecule has 2 aliphatic rings. The van der Waals surface area contributed by atoms with E-state index < -0.39 is 0 Å². The van der Waals surface area contributed by atoms with Crippen molar-refractivity contribution in [3.63, 3.8) is 0 Å². The summed E-state index contributed by atoms with van der Waals surface area (Å²) in [5, 5.41) is 0. The third kappa shape index (κ3) is 3.16. The standard InChI is InChI=1S/C26H30BrN3/c1-25(2,3)29-15-12-19(13-16-29)18-26(20-8-10-21(27)11-9-20)23-7-5-4-6-22(23)24-28-14-17-30(24)26/h4-11,14,17,19H,12-13,15-16,18H2,1-3H3. The molecule has 3 heterocycles. The summed E-state index contributed by atoms with van der Waals surface area (Å²) in [4.78, 5) is 7.40. The molecule has 0 aliphatic carbocycles. The van der Waals surface area contributed by atoms with Crippen LogP contribution in [0.5, 0.6) is 0 Å². The number of nitrogens with zero attached hydrogens (tertiary/aromatic N) is 3. The van der Waals surface area contributed by atoms with Crippen LogP contribution in [0.3, 0.4) is 0 Å². The van der Waals surface area contributed by atoms with Crippen LogP contribution in [0.4, 0.5) is 0 Å². The zero-order valence-electron chi connectivity index (χ0n) is 18.1. The van der Waals surface area contributed by atoms with E-state index in [2.05, 4.69) is 101 Å². The van der Waals surface area contributed by atoms with E-state index in [-0.39, 0.29) is 11.1 Å². The Morgan fingerprint density at radius 2 is 1.73 bits per heavy atom. The van der Waals surface area contributed by atoms with Crippen LogP contribution in [0, 0.1) is 5.92 Å². The Kier molecular flexibility index (Phi) is 4.90. The van der Waals surface area contributed by atoms with E-state index in [4.69, 9.17) is 4.98 Å². The number of benzene rings is 2. The van der Waals surface area contributed by atoms with Gasteiger partial charge >= 0.3 is 0 Å². The molecule has 3 aromatic rings. The molecule has 2 aromatic carbocycles. The minimum Gasteiger partial charge on any atom is -0.317 e. The molecule has 2 aliphatic heterocycles. The lowest BCUT2D eigenvalue weighted by Gasteiger charge is -2.43. The first-order valence-corrected chi connectivity index (χ1v) is 11.8. The van der Waals surface area contributed by atoms with Crippen LogP contribution < -0.4 is 0 Å². The first kappa shape index (κ1) is 20.0. The van der Waals surface area contributed by atoms with Crippen molar-refractivity contribution in [1.82, 2.24) is 14.5 Å². The zero-order chi connectivity index (χ0) is 20.9. The molecule has 4 heteroatoms. The van der Waals surface area contributed by atoms with E-state index in [0.29, 0.717) is 5.92 Å². The number of piperidine rings is 1. The van der Waals surface area contributed by atoms with Gasteiger partial charge in [-0.15, -0.1) is 0 Å². The molecule has 3 nitrogen and oxygen atoms in total. The van der Waals surface area contributed by atoms with Crippen LogP contribution in [0.1, 0.15) is 51.2 Å². The normalized spacial score (nSPS) is 22.1. The summed E-state index contributed by atoms with van der Waals surface area (Å²) in [7, 11) is 0. The summed E-state index contributed by atoms with van der Waals surface area (Å²) >= 11 is 3.63. The molecule has 0 radical (unpaired) electrons. The highest BCUT2D eigenvalue weighted by Crippen LogP contribution is 2.51. The van der Waals surface area contributed by atoms with Crippen LogP contribution in [-0.2, 0) is 5.54 Å². The maximum absolute atomic E-state index is 4.76. The Labute approximate surface area is 188 Å². The van der Waals surface area contributed by atoms with E-state index in [1.165, 1.54) is 42.6 Å². The SMILES string of the molecule is CC(C)(C)N1CCC(CC2(c3ccc(Br)cc3)c3ccccc3-c3nccn32)CC1. The quantitative estimate of drug-likeness (QED) is 0.453. The lowest BCUT2D eigenvalue weighted by molar-refractivity contribution is 0.0788. The van der Waals surface area contributed by atoms with Gasteiger partial charge in [-0.25, -0.2) is 4.98 Å². The van der Waals surface area contributed by atoms with E-state index >= 15 is 0 Å². The summed E-state index contributed by atoms with van der Waals surface area (Å²) in [5.74, 6) is 1.79. The van der Waals surface area contributed by atoms with E-state index in [1.54, 1.807) is 0 Å². The van der Waals surface area contributed by atoms with Gasteiger partial charge in [-0.05, 0) is 82.3 Å². The largest absolute Gasteiger partial charge is 0.317 e. The van der Waals surface area contributed by atoms with E-state index in [1.807, 2.05) is 6.20 Å². The summed E-state index contributed by atoms with van der Waals surface area (Å²) < 4.78 is 3.56. The van der Waals surface area contributed by atoms with Crippen molar-refractivity contribution in [2.24, 2.45) is 5.92 Å². The van der Waals surface area contributed by atoms with Gasteiger partial charge in [-0.1, -0.05) is 52.3 Å². The molecular formula is C26H30BrN3. The molecule has 0 spiro atoms. The second-order valence-electron chi connectivity index (χ2n) is 9.84. The second-order valence-corrected chi connectivity index (χ2v) is 10.8. The molecule has 0 bridgehead atoms. The van der Waals surface area contributed by atoms with Gasteiger partial charge in [0.15, 0.2) is 0 Å². The monoisotopic (exact) mass is 463 g/mol. The number of halogens is 1. The smallest absolute Gasteiger partial charge is 0.141 e. The molecule has 30 heavy (non-hydrogen) atoms. The molecule has 5 rings (SSSR count). The molecular weight excluding hydrogens is 434 g/mol. The fourth-order valence-electron chi connectivity index (χ4n) is 5.55. The maximum atomic E-state index is 4.76. The Morgan fingerprint density at radius 3 is 2.43 bits per heavy atom. The third-order valence-corrected chi connectivity index (χ3v) is 7.66. The predicted octanol–water partition coefficient (Wildman–Crippen LogP) is 6.32. The number of likely N-dealkylation sites (tertiary alicyclic amines) is 1. The Morgan fingerprint density at radius 1 is 1.03 bits per heavy atom. The third-order valence-electron chi connectivity index (χ3n) is 7.13. The fraction of sp³-hybridized carbons (Fsp3) is 0.423. The van der Waals surface area contributed by atoms with Crippen molar-refractivity contribution in [3.05, 3.63) is 76.5 Å². The Hall–Kier alpha value is -1.91. The summed E-state index contributed by atoms with van der Waals surface area (Å²) in [6.45, 7) is 9.37. The highest BCUT2D eigenvalue weighted by atomic mass is 79.9. The average molecular weight is 464 g/mol. The number of hydrogen-bond acceptors (Lipinski definition) is 2. The first-order chi connectivity index (χ1) is 14.4. The topological polar surface area (TPSA) is 21.1 Å². The first-order valence-electron chi connectivity index (χ1n) is 11.0. The van der Waals surface area contributed by atoms with Gasteiger partial charge in [0.2, 0.25) is 0 Å². The average Bonchev–Trinajstić information content (AvgIpc) is 3.31. The maximum Gasteiger partial charge on any atom is 0.141 e. The van der Waals surface area contributed by atoms with Crippen molar-refractivity contribution in [1.29, 1.82) is 0 Å². The van der Waals surface area contributed by atoms with Gasteiger partial charge in [0, 0.05) is 28.0 Å². The van der Waals surface area contributed by atoms with Crippen molar-refractivity contribution in [2.75, 3.05) is 13.1 Å². The predicted molar refractivity (Wildman–Crippen MR) is 127 cm³/mol. The fourth-order valence-corrected chi connectivity index (χ4v) is 5.82. The van der Waals surface area contributed by atoms with Crippen molar-refractivity contribution >= 4 is 15.9 Å². The van der Waals surface area contributed by atoms with Gasteiger partial charge in [0.1, 0.15) is 5.82 Å². The van der Waals surface area contributed by atoms with Gasteiger partial charge in [-0.3, -0.25) is 4.90 Å². The van der Waals surface area contributed by atoms with Crippen molar-refractivity contribution in [2.45, 2.75) is 51.1 Å². The molecule has 1 unspecified atom stereocenters. The molecule has 156 valence electrons. The number of imidazole rings is 1. The van der Waals surface area contributed by atoms with Gasteiger partial charge in [0.05, 0.1) is 5.54 Å². The lowest BCUT2D eigenvalue weighted by Crippen LogP contribution is -2.47. The molecule has 1 atom stereocenters. The number of hydrogen-bond donors (Lipinski definition) is 0. The zero-order valence-corrected chi connectivity index (χ0v) is 19.7. The Bertz CT molecular complexity index is 1040. The molecule has 1 saturated heterocycles. The van der Waals surface area contributed by atoms with Crippen molar-refractivity contribution < 1.29 is 0 Å². The van der Waals surface area contributed by atoms with Gasteiger partial charge < -0.3 is 4.57 Å². The van der Waals surface area contributed by atoms with Crippen LogP contribution in [-0.4, -0.2) is 33.1 Å². The highest BCUT2D eigenvalue weighted by Gasteiger charge is 2.46. The minimum atomic E-state index is -0.183. The van der Waals surface area contributed by atoms with E-state index in [9.17, 15) is 0 Å². The molecule has 0 amide bonds. The molecule has 0 N–H and O–H groups in total. The molecule has 0 saturated carbocycles. The van der Waals surface area contributed by atoms with Crippen LogP contribution in [0.25, 0.3) is 11.4 Å². The number of rotatable bonds is 3. The van der Waals surface area contributed by atoms with Gasteiger partial charge in [-0.2, -0.15) is 0 Å². The molecule has 1 aromatic heterocycles. The number of fused-ring (bicyclic) bond motifs is 3. The highest BCUT2D eigenvalue weighted by molar-refractivity contribution is 9.10. The summed E-state index contributed by atoms with van der Waals surface area (Å²) in [6.07, 6.45) is 7.76. The van der Waals surface area contributed by atoms with Crippen LogP contribution >= 0.6 is 15.9 Å². The van der Waals surface area contributed by atoms with Crippen LogP contribution in [0.2, 0.25) is 0 Å². The Balaban J connectivity index is 1.58. The van der Waals surface area contributed by atoms with Crippen LogP contribution in [0.15, 0.2) is 65.4 Å². The minimum absolute atomic E-state index is 0.183. The van der Waals surface area contributed by atoms with Crippen molar-refractivity contribution in [3.8, 4) is 11.4 Å².